The number of anilines is 3. The topological polar surface area (TPSA) is 50.9 Å². The average Bonchev–Trinajstić information content (AvgIpc) is 2.34. The molecule has 0 unspecified atom stereocenters. The Kier molecular flexibility index (Phi) is 3.24. The maximum atomic E-state index is 5.77. The third-order valence-corrected chi connectivity index (χ3v) is 3.47. The smallest absolute Gasteiger partial charge is 0.130 e. The van der Waals surface area contributed by atoms with E-state index in [4.69, 9.17) is 5.73 Å². The molecule has 94 valence electrons. The summed E-state index contributed by atoms with van der Waals surface area (Å²) >= 11 is 0. The summed E-state index contributed by atoms with van der Waals surface area (Å²) in [4.78, 5) is 4.29. The molecule has 18 heavy (non-hydrogen) atoms. The molecular formula is C15H19N3. The van der Waals surface area contributed by atoms with Crippen LogP contribution in [0.3, 0.4) is 0 Å². The van der Waals surface area contributed by atoms with Crippen LogP contribution in [0.25, 0.3) is 0 Å². The van der Waals surface area contributed by atoms with Crippen molar-refractivity contribution in [1.29, 1.82) is 0 Å². The number of aromatic nitrogens is 1. The normalized spacial score (nSPS) is 10.4. The van der Waals surface area contributed by atoms with Gasteiger partial charge < -0.3 is 11.1 Å². The molecule has 2 rings (SSSR count). The quantitative estimate of drug-likeness (QED) is 0.844. The molecule has 0 aliphatic rings. The largest absolute Gasteiger partial charge is 0.397 e. The van der Waals surface area contributed by atoms with Crippen molar-refractivity contribution in [3.8, 4) is 0 Å². The van der Waals surface area contributed by atoms with Crippen LogP contribution in [0.15, 0.2) is 24.4 Å². The molecule has 0 atom stereocenters. The first kappa shape index (κ1) is 12.4. The van der Waals surface area contributed by atoms with Gasteiger partial charge in [-0.25, -0.2) is 4.98 Å². The predicted octanol–water partition coefficient (Wildman–Crippen LogP) is 3.64. The summed E-state index contributed by atoms with van der Waals surface area (Å²) in [7, 11) is 0. The molecule has 0 radical (unpaired) electrons. The van der Waals surface area contributed by atoms with Gasteiger partial charge in [-0.3, -0.25) is 0 Å². The van der Waals surface area contributed by atoms with Gasteiger partial charge >= 0.3 is 0 Å². The molecule has 0 aliphatic heterocycles. The lowest BCUT2D eigenvalue weighted by atomic mass is 10.0. The standard InChI is InChI=1S/C15H19N3/c1-9-5-6-14(12(4)11(9)3)18-15-7-10(2)13(16)8-17-15/h5-8H,16H2,1-4H3,(H,17,18). The number of hydrogen-bond donors (Lipinski definition) is 2. The zero-order valence-corrected chi connectivity index (χ0v) is 11.3. The molecule has 3 nitrogen and oxygen atoms in total. The Morgan fingerprint density at radius 1 is 1.00 bits per heavy atom. The minimum absolute atomic E-state index is 0.720. The Bertz CT molecular complexity index is 589. The van der Waals surface area contributed by atoms with Crippen LogP contribution in [0.5, 0.6) is 0 Å². The first-order valence-electron chi connectivity index (χ1n) is 6.05. The summed E-state index contributed by atoms with van der Waals surface area (Å²) in [5.74, 6) is 0.827. The van der Waals surface area contributed by atoms with E-state index in [1.165, 1.54) is 16.7 Å². The summed E-state index contributed by atoms with van der Waals surface area (Å²) in [6.07, 6.45) is 1.69. The van der Waals surface area contributed by atoms with Crippen molar-refractivity contribution >= 4 is 17.2 Å². The van der Waals surface area contributed by atoms with Crippen LogP contribution in [0.2, 0.25) is 0 Å². The van der Waals surface area contributed by atoms with Crippen LogP contribution in [0.4, 0.5) is 17.2 Å². The second-order valence-corrected chi connectivity index (χ2v) is 4.73. The molecule has 0 fully saturated rings. The molecule has 1 aromatic carbocycles. The molecule has 0 aliphatic carbocycles. The molecule has 3 N–H and O–H groups in total. The minimum Gasteiger partial charge on any atom is -0.397 e. The molecule has 2 aromatic rings. The van der Waals surface area contributed by atoms with E-state index in [0.29, 0.717) is 0 Å². The maximum Gasteiger partial charge on any atom is 0.130 e. The van der Waals surface area contributed by atoms with Gasteiger partial charge in [0.15, 0.2) is 0 Å². The fraction of sp³-hybridized carbons (Fsp3) is 0.267. The molecular weight excluding hydrogens is 222 g/mol. The highest BCUT2D eigenvalue weighted by atomic mass is 15.0. The second kappa shape index (κ2) is 4.69. The van der Waals surface area contributed by atoms with Gasteiger partial charge in [-0.1, -0.05) is 6.07 Å². The van der Waals surface area contributed by atoms with Gasteiger partial charge in [0.1, 0.15) is 5.82 Å². The Balaban J connectivity index is 2.34. The van der Waals surface area contributed by atoms with Gasteiger partial charge in [0, 0.05) is 5.69 Å². The molecule has 0 saturated heterocycles. The van der Waals surface area contributed by atoms with Crippen molar-refractivity contribution in [2.45, 2.75) is 27.7 Å². The lowest BCUT2D eigenvalue weighted by molar-refractivity contribution is 1.23. The van der Waals surface area contributed by atoms with Crippen LogP contribution in [0.1, 0.15) is 22.3 Å². The first-order valence-corrected chi connectivity index (χ1v) is 6.05. The van der Waals surface area contributed by atoms with Gasteiger partial charge in [-0.2, -0.15) is 0 Å². The maximum absolute atomic E-state index is 5.77. The van der Waals surface area contributed by atoms with Crippen LogP contribution < -0.4 is 11.1 Å². The predicted molar refractivity (Wildman–Crippen MR) is 77.3 cm³/mol. The van der Waals surface area contributed by atoms with E-state index in [1.54, 1.807) is 6.20 Å². The summed E-state index contributed by atoms with van der Waals surface area (Å²) in [5.41, 5.74) is 12.5. The molecule has 3 heteroatoms. The van der Waals surface area contributed by atoms with Crippen molar-refractivity contribution in [2.24, 2.45) is 0 Å². The molecule has 1 heterocycles. The molecule has 0 spiro atoms. The number of nitrogens with zero attached hydrogens (tertiary/aromatic N) is 1. The molecule has 0 saturated carbocycles. The number of nitrogen functional groups attached to an aromatic ring is 1. The summed E-state index contributed by atoms with van der Waals surface area (Å²) in [5, 5.41) is 3.34. The Labute approximate surface area is 108 Å². The van der Waals surface area contributed by atoms with E-state index >= 15 is 0 Å². The highest BCUT2D eigenvalue weighted by Gasteiger charge is 2.05. The number of benzene rings is 1. The van der Waals surface area contributed by atoms with Crippen molar-refractivity contribution in [3.05, 3.63) is 46.6 Å². The third-order valence-electron chi connectivity index (χ3n) is 3.47. The van der Waals surface area contributed by atoms with Gasteiger partial charge in [-0.15, -0.1) is 0 Å². The molecule has 0 amide bonds. The van der Waals surface area contributed by atoms with Crippen LogP contribution in [0, 0.1) is 27.7 Å². The Morgan fingerprint density at radius 2 is 1.72 bits per heavy atom. The summed E-state index contributed by atoms with van der Waals surface area (Å²) in [6, 6.07) is 6.17. The second-order valence-electron chi connectivity index (χ2n) is 4.73. The van der Waals surface area contributed by atoms with Crippen LogP contribution >= 0.6 is 0 Å². The van der Waals surface area contributed by atoms with Gasteiger partial charge in [0.05, 0.1) is 11.9 Å². The van der Waals surface area contributed by atoms with E-state index in [0.717, 1.165) is 22.8 Å². The van der Waals surface area contributed by atoms with Gasteiger partial charge in [0.2, 0.25) is 0 Å². The monoisotopic (exact) mass is 241 g/mol. The van der Waals surface area contributed by atoms with Crippen molar-refractivity contribution < 1.29 is 0 Å². The highest BCUT2D eigenvalue weighted by Crippen LogP contribution is 2.25. The number of rotatable bonds is 2. The number of nitrogens with two attached hydrogens (primary N) is 1. The lowest BCUT2D eigenvalue weighted by Gasteiger charge is -2.13. The Hall–Kier alpha value is -2.03. The van der Waals surface area contributed by atoms with E-state index in [9.17, 15) is 0 Å². The van der Waals surface area contributed by atoms with Crippen LogP contribution in [-0.2, 0) is 0 Å². The summed E-state index contributed by atoms with van der Waals surface area (Å²) in [6.45, 7) is 8.36. The fourth-order valence-corrected chi connectivity index (χ4v) is 1.86. The SMILES string of the molecule is Cc1cc(Nc2ccc(C)c(C)c2C)ncc1N. The third kappa shape index (κ3) is 2.30. The minimum atomic E-state index is 0.720. The Morgan fingerprint density at radius 3 is 2.39 bits per heavy atom. The average molecular weight is 241 g/mol. The number of hydrogen-bond acceptors (Lipinski definition) is 3. The molecule has 0 bridgehead atoms. The highest BCUT2D eigenvalue weighted by molar-refractivity contribution is 5.64. The lowest BCUT2D eigenvalue weighted by Crippen LogP contribution is -2.00. The number of nitrogens with one attached hydrogen (secondary N) is 1. The zero-order chi connectivity index (χ0) is 13.3. The number of aryl methyl sites for hydroxylation is 2. The molecule has 1 aromatic heterocycles. The zero-order valence-electron chi connectivity index (χ0n) is 11.3. The van der Waals surface area contributed by atoms with Crippen molar-refractivity contribution in [3.63, 3.8) is 0 Å². The fourth-order valence-electron chi connectivity index (χ4n) is 1.86. The summed E-state index contributed by atoms with van der Waals surface area (Å²) < 4.78 is 0. The van der Waals surface area contributed by atoms with Crippen molar-refractivity contribution in [2.75, 3.05) is 11.1 Å². The van der Waals surface area contributed by atoms with E-state index in [2.05, 4.69) is 43.2 Å². The van der Waals surface area contributed by atoms with Crippen molar-refractivity contribution in [1.82, 2.24) is 4.98 Å². The van der Waals surface area contributed by atoms with E-state index in [-0.39, 0.29) is 0 Å². The first-order chi connectivity index (χ1) is 8.49. The van der Waals surface area contributed by atoms with E-state index in [1.807, 2.05) is 13.0 Å². The van der Waals surface area contributed by atoms with Gasteiger partial charge in [-0.05, 0) is 62.1 Å². The van der Waals surface area contributed by atoms with Crippen LogP contribution in [-0.4, -0.2) is 4.98 Å². The number of pyridine rings is 1. The van der Waals surface area contributed by atoms with Gasteiger partial charge in [0.25, 0.3) is 0 Å². The van der Waals surface area contributed by atoms with E-state index < -0.39 is 0 Å².